The van der Waals surface area contributed by atoms with E-state index in [1.54, 1.807) is 37.1 Å². The largest absolute Gasteiger partial charge is 0.382 e. The van der Waals surface area contributed by atoms with E-state index in [0.29, 0.717) is 27.0 Å². The number of nitrogen functional groups attached to an aromatic ring is 1. The molecule has 0 atom stereocenters. The number of aryl methyl sites for hydroxylation is 7. The van der Waals surface area contributed by atoms with Crippen LogP contribution in [0.3, 0.4) is 0 Å². The molecule has 42 heavy (non-hydrogen) atoms. The van der Waals surface area contributed by atoms with Crippen molar-refractivity contribution in [3.63, 3.8) is 0 Å². The Labute approximate surface area is 262 Å². The van der Waals surface area contributed by atoms with E-state index >= 15 is 0 Å². The predicted octanol–water partition coefficient (Wildman–Crippen LogP) is 7.96. The van der Waals surface area contributed by atoms with Crippen molar-refractivity contribution in [2.75, 3.05) is 11.1 Å². The van der Waals surface area contributed by atoms with Gasteiger partial charge in [0.2, 0.25) is 0 Å². The average Bonchev–Trinajstić information content (AvgIpc) is 2.95. The molecule has 0 bridgehead atoms. The highest BCUT2D eigenvalue weighted by atomic mass is 35.5. The van der Waals surface area contributed by atoms with Crippen molar-refractivity contribution in [2.45, 2.75) is 48.5 Å². The summed E-state index contributed by atoms with van der Waals surface area (Å²) in [6, 6.07) is 5.48. The maximum atomic E-state index is 5.69. The van der Waals surface area contributed by atoms with Gasteiger partial charge in [-0.2, -0.15) is 0 Å². The van der Waals surface area contributed by atoms with E-state index in [-0.39, 0.29) is 0 Å². The molecule has 0 aliphatic rings. The quantitative estimate of drug-likeness (QED) is 0.187. The van der Waals surface area contributed by atoms with Crippen LogP contribution in [0.4, 0.5) is 17.5 Å². The molecule has 0 unspecified atom stereocenters. The highest BCUT2D eigenvalue weighted by molar-refractivity contribution is 6.34. The van der Waals surface area contributed by atoms with E-state index in [4.69, 9.17) is 40.5 Å². The number of rotatable bonds is 2. The van der Waals surface area contributed by atoms with Crippen molar-refractivity contribution in [3.8, 4) is 0 Å². The highest BCUT2D eigenvalue weighted by Gasteiger charge is 2.00. The maximum Gasteiger partial charge on any atom is 0.150 e. The SMILES string of the molecule is Cc1cnc(Cl)cc1C.Cc1cnc(Cl)cc1Cl.Cc1cnc(N)cn1.Cc1cnc(Nc2cc(C)c(C)cn2)cn1. The topological polar surface area (TPSA) is 128 Å². The number of pyridine rings is 3. The van der Waals surface area contributed by atoms with Gasteiger partial charge in [0.25, 0.3) is 0 Å². The van der Waals surface area contributed by atoms with Crippen LogP contribution in [0.5, 0.6) is 0 Å². The lowest BCUT2D eigenvalue weighted by Crippen LogP contribution is -1.98. The minimum absolute atomic E-state index is 0.436. The van der Waals surface area contributed by atoms with Gasteiger partial charge in [0.15, 0.2) is 0 Å². The third-order valence-electron chi connectivity index (χ3n) is 5.55. The molecule has 5 aromatic heterocycles. The van der Waals surface area contributed by atoms with E-state index in [9.17, 15) is 0 Å². The van der Waals surface area contributed by atoms with Crippen LogP contribution in [0.1, 0.15) is 39.2 Å². The molecular weight excluding hydrogens is 593 g/mol. The van der Waals surface area contributed by atoms with E-state index in [1.807, 2.05) is 59.9 Å². The Hall–Kier alpha value is -3.92. The molecule has 5 rings (SSSR count). The molecule has 0 radical (unpaired) electrons. The lowest BCUT2D eigenvalue weighted by molar-refractivity contribution is 1.11. The first-order valence-corrected chi connectivity index (χ1v) is 13.9. The number of hydrogen-bond acceptors (Lipinski definition) is 9. The van der Waals surface area contributed by atoms with Crippen LogP contribution in [-0.4, -0.2) is 34.9 Å². The number of hydrogen-bond donors (Lipinski definition) is 2. The van der Waals surface area contributed by atoms with Crippen molar-refractivity contribution in [1.29, 1.82) is 0 Å². The van der Waals surface area contributed by atoms with Crippen LogP contribution in [-0.2, 0) is 0 Å². The van der Waals surface area contributed by atoms with E-state index < -0.39 is 0 Å². The first-order valence-electron chi connectivity index (χ1n) is 12.7. The fraction of sp³-hybridized carbons (Fsp3) is 0.233. The second kappa shape index (κ2) is 17.1. The standard InChI is InChI=1S/C12H14N4.C7H8ClN.C6H5Cl2N.C5H7N3/c1-8-4-11(14-5-9(8)2)16-12-7-13-10(3)6-15-12;1-5-3-7(8)9-4-6(5)2;1-4-3-9-6(8)2-5(4)7;1-4-2-8-5(6)3-7-4/h4-7H,1-3H3,(H,14,15,16);3-4H,1-2H3;2-3H,1H3;2-3H,1H3,(H2,6,8). The predicted molar refractivity (Wildman–Crippen MR) is 173 cm³/mol. The summed E-state index contributed by atoms with van der Waals surface area (Å²) in [5.41, 5.74) is 12.7. The normalized spacial score (nSPS) is 9.76. The average molecular weight is 627 g/mol. The first kappa shape index (κ1) is 34.3. The second-order valence-corrected chi connectivity index (χ2v) is 10.4. The third kappa shape index (κ3) is 12.7. The molecule has 0 spiro atoms. The minimum Gasteiger partial charge on any atom is -0.382 e. The molecule has 0 aromatic carbocycles. The molecule has 220 valence electrons. The maximum absolute atomic E-state index is 5.69. The van der Waals surface area contributed by atoms with Gasteiger partial charge in [0.05, 0.1) is 36.2 Å². The number of nitrogens with two attached hydrogens (primary N) is 1. The molecule has 0 fully saturated rings. The number of nitrogens with one attached hydrogen (secondary N) is 1. The monoisotopic (exact) mass is 625 g/mol. The molecule has 0 saturated carbocycles. The second-order valence-electron chi connectivity index (χ2n) is 9.25. The molecule has 3 N–H and O–H groups in total. The Kier molecular flexibility index (Phi) is 14.0. The summed E-state index contributed by atoms with van der Waals surface area (Å²) in [6.07, 6.45) is 11.9. The van der Waals surface area contributed by atoms with Gasteiger partial charge >= 0.3 is 0 Å². The van der Waals surface area contributed by atoms with Crippen molar-refractivity contribution >= 4 is 52.3 Å². The van der Waals surface area contributed by atoms with Gasteiger partial charge in [0, 0.05) is 23.6 Å². The number of halogens is 3. The molecule has 5 heterocycles. The molecular formula is C30H34Cl3N9. The van der Waals surface area contributed by atoms with Crippen molar-refractivity contribution in [3.05, 3.63) is 116 Å². The van der Waals surface area contributed by atoms with Crippen LogP contribution in [0, 0.1) is 48.5 Å². The van der Waals surface area contributed by atoms with E-state index in [2.05, 4.69) is 47.1 Å². The van der Waals surface area contributed by atoms with Crippen molar-refractivity contribution in [1.82, 2.24) is 34.9 Å². The fourth-order valence-electron chi connectivity index (χ4n) is 2.75. The lowest BCUT2D eigenvalue weighted by Gasteiger charge is -2.06. The molecule has 5 aromatic rings. The summed E-state index contributed by atoms with van der Waals surface area (Å²) >= 11 is 16.8. The van der Waals surface area contributed by atoms with Gasteiger partial charge < -0.3 is 11.1 Å². The van der Waals surface area contributed by atoms with Crippen LogP contribution >= 0.6 is 34.8 Å². The molecule has 0 aliphatic heterocycles. The van der Waals surface area contributed by atoms with Crippen LogP contribution in [0.25, 0.3) is 0 Å². The summed E-state index contributed by atoms with van der Waals surface area (Å²) in [5.74, 6) is 1.97. The number of nitrogens with zero attached hydrogens (tertiary/aromatic N) is 7. The Morgan fingerprint density at radius 2 is 0.976 bits per heavy atom. The van der Waals surface area contributed by atoms with E-state index in [1.165, 1.54) is 28.5 Å². The smallest absolute Gasteiger partial charge is 0.150 e. The minimum atomic E-state index is 0.436. The Morgan fingerprint density at radius 3 is 1.40 bits per heavy atom. The van der Waals surface area contributed by atoms with Crippen molar-refractivity contribution < 1.29 is 0 Å². The first-order chi connectivity index (χ1) is 19.8. The van der Waals surface area contributed by atoms with Gasteiger partial charge in [-0.25, -0.2) is 24.9 Å². The molecule has 12 heteroatoms. The van der Waals surface area contributed by atoms with Crippen LogP contribution in [0.2, 0.25) is 15.3 Å². The molecule has 9 nitrogen and oxygen atoms in total. The summed E-state index contributed by atoms with van der Waals surface area (Å²) in [4.78, 5) is 28.1. The zero-order valence-electron chi connectivity index (χ0n) is 24.6. The number of anilines is 3. The van der Waals surface area contributed by atoms with Gasteiger partial charge in [-0.3, -0.25) is 9.97 Å². The van der Waals surface area contributed by atoms with Crippen LogP contribution < -0.4 is 11.1 Å². The van der Waals surface area contributed by atoms with Gasteiger partial charge in [-0.05, 0) is 94.5 Å². The van der Waals surface area contributed by atoms with Gasteiger partial charge in [-0.15, -0.1) is 0 Å². The van der Waals surface area contributed by atoms with Crippen molar-refractivity contribution in [2.24, 2.45) is 0 Å². The fourth-order valence-corrected chi connectivity index (χ4v) is 3.33. The summed E-state index contributed by atoms with van der Waals surface area (Å²) in [5, 5.41) is 4.78. The zero-order chi connectivity index (χ0) is 31.2. The van der Waals surface area contributed by atoms with Gasteiger partial charge in [0.1, 0.15) is 27.8 Å². The Bertz CT molecular complexity index is 1490. The van der Waals surface area contributed by atoms with Crippen LogP contribution in [0.15, 0.2) is 61.6 Å². The third-order valence-corrected chi connectivity index (χ3v) is 6.37. The summed E-state index contributed by atoms with van der Waals surface area (Å²) in [7, 11) is 0. The lowest BCUT2D eigenvalue weighted by atomic mass is 10.2. The Balaban J connectivity index is 0.000000206. The Morgan fingerprint density at radius 1 is 0.476 bits per heavy atom. The van der Waals surface area contributed by atoms with E-state index in [0.717, 1.165) is 22.8 Å². The summed E-state index contributed by atoms with van der Waals surface area (Å²) in [6.45, 7) is 13.8. The molecule has 0 amide bonds. The number of aromatic nitrogens is 7. The zero-order valence-corrected chi connectivity index (χ0v) is 26.9. The summed E-state index contributed by atoms with van der Waals surface area (Å²) < 4.78 is 0. The van der Waals surface area contributed by atoms with Gasteiger partial charge in [-0.1, -0.05) is 34.8 Å². The molecule has 0 aliphatic carbocycles. The highest BCUT2D eigenvalue weighted by Crippen LogP contribution is 2.17. The molecule has 0 saturated heterocycles.